The number of ether oxygens (including phenoxy) is 1. The Morgan fingerprint density at radius 3 is 2.67 bits per heavy atom. The molecule has 1 aliphatic heterocycles. The molecule has 0 unspecified atom stereocenters. The fourth-order valence-corrected chi connectivity index (χ4v) is 2.50. The van der Waals surface area contributed by atoms with E-state index >= 15 is 0 Å². The second kappa shape index (κ2) is 6.24. The van der Waals surface area contributed by atoms with Gasteiger partial charge in [-0.1, -0.05) is 26.0 Å². The van der Waals surface area contributed by atoms with E-state index in [2.05, 4.69) is 44.3 Å². The number of hydrogen-bond acceptors (Lipinski definition) is 2. The zero-order valence-corrected chi connectivity index (χ0v) is 11.8. The predicted octanol–water partition coefficient (Wildman–Crippen LogP) is 3.50. The van der Waals surface area contributed by atoms with Crippen molar-refractivity contribution in [3.63, 3.8) is 0 Å². The molecule has 0 saturated carbocycles. The van der Waals surface area contributed by atoms with E-state index in [0.717, 1.165) is 25.4 Å². The van der Waals surface area contributed by atoms with Crippen LogP contribution in [-0.2, 0) is 0 Å². The minimum absolute atomic E-state index is 0.522. The summed E-state index contributed by atoms with van der Waals surface area (Å²) in [5.74, 6) is 2.32. The van der Waals surface area contributed by atoms with Gasteiger partial charge in [-0.2, -0.15) is 0 Å². The van der Waals surface area contributed by atoms with Crippen LogP contribution in [0.25, 0.3) is 0 Å². The lowest BCUT2D eigenvalue weighted by Crippen LogP contribution is -2.30. The molecule has 0 spiro atoms. The zero-order chi connectivity index (χ0) is 13.0. The molecule has 2 rings (SSSR count). The van der Waals surface area contributed by atoms with E-state index in [9.17, 15) is 0 Å². The summed E-state index contributed by atoms with van der Waals surface area (Å²) in [7, 11) is 0. The molecule has 0 aromatic heterocycles. The smallest absolute Gasteiger partial charge is 0.123 e. The highest BCUT2D eigenvalue weighted by atomic mass is 16.5. The van der Waals surface area contributed by atoms with Crippen molar-refractivity contribution in [3.8, 4) is 5.75 Å². The van der Waals surface area contributed by atoms with Crippen molar-refractivity contribution < 1.29 is 4.74 Å². The average molecular weight is 247 g/mol. The second-order valence-corrected chi connectivity index (χ2v) is 5.70. The lowest BCUT2D eigenvalue weighted by molar-refractivity contribution is 0.213. The first-order valence-corrected chi connectivity index (χ1v) is 7.11. The van der Waals surface area contributed by atoms with Crippen LogP contribution in [0.15, 0.2) is 18.2 Å². The van der Waals surface area contributed by atoms with Crippen LogP contribution >= 0.6 is 0 Å². The zero-order valence-electron chi connectivity index (χ0n) is 11.8. The molecule has 1 N–H and O–H groups in total. The van der Waals surface area contributed by atoms with Crippen molar-refractivity contribution in [2.75, 3.05) is 19.7 Å². The number of piperidine rings is 1. The van der Waals surface area contributed by atoms with Gasteiger partial charge in [0.1, 0.15) is 5.75 Å². The minimum atomic E-state index is 0.522. The number of rotatable bonds is 4. The van der Waals surface area contributed by atoms with Gasteiger partial charge in [0.25, 0.3) is 0 Å². The summed E-state index contributed by atoms with van der Waals surface area (Å²) in [6.45, 7) is 9.72. The summed E-state index contributed by atoms with van der Waals surface area (Å²) in [6, 6.07) is 6.56. The maximum absolute atomic E-state index is 6.09. The predicted molar refractivity (Wildman–Crippen MR) is 76.4 cm³/mol. The van der Waals surface area contributed by atoms with E-state index in [1.807, 2.05) is 0 Å². The molecule has 1 aliphatic rings. The van der Waals surface area contributed by atoms with Gasteiger partial charge in [-0.3, -0.25) is 0 Å². The van der Waals surface area contributed by atoms with Crippen molar-refractivity contribution in [1.29, 1.82) is 0 Å². The highest BCUT2D eigenvalue weighted by Gasteiger charge is 2.15. The number of nitrogens with one attached hydrogen (secondary N) is 1. The van der Waals surface area contributed by atoms with E-state index in [0.29, 0.717) is 11.8 Å². The monoisotopic (exact) mass is 247 g/mol. The standard InChI is InChI=1S/C16H25NO/c1-12(2)15-5-4-13(3)10-16(15)18-11-14-6-8-17-9-7-14/h4-5,10,12,14,17H,6-9,11H2,1-3H3. The summed E-state index contributed by atoms with van der Waals surface area (Å²) >= 11 is 0. The van der Waals surface area contributed by atoms with Gasteiger partial charge in [-0.25, -0.2) is 0 Å². The molecule has 1 aromatic carbocycles. The van der Waals surface area contributed by atoms with Gasteiger partial charge < -0.3 is 10.1 Å². The second-order valence-electron chi connectivity index (χ2n) is 5.70. The van der Waals surface area contributed by atoms with Crippen molar-refractivity contribution in [1.82, 2.24) is 5.32 Å². The maximum atomic E-state index is 6.09. The van der Waals surface area contributed by atoms with Gasteiger partial charge in [-0.15, -0.1) is 0 Å². The molecule has 1 fully saturated rings. The molecule has 0 radical (unpaired) electrons. The van der Waals surface area contributed by atoms with Crippen LogP contribution in [0.5, 0.6) is 5.75 Å². The minimum Gasteiger partial charge on any atom is -0.493 e. The van der Waals surface area contributed by atoms with E-state index in [-0.39, 0.29) is 0 Å². The first-order valence-electron chi connectivity index (χ1n) is 7.11. The third kappa shape index (κ3) is 3.49. The Kier molecular flexibility index (Phi) is 4.65. The summed E-state index contributed by atoms with van der Waals surface area (Å²) in [5, 5.41) is 3.40. The molecule has 2 heteroatoms. The van der Waals surface area contributed by atoms with Gasteiger partial charge in [0, 0.05) is 0 Å². The van der Waals surface area contributed by atoms with Crippen molar-refractivity contribution in [2.45, 2.75) is 39.5 Å². The lowest BCUT2D eigenvalue weighted by Gasteiger charge is -2.24. The highest BCUT2D eigenvalue weighted by Crippen LogP contribution is 2.28. The Balaban J connectivity index is 2.00. The lowest BCUT2D eigenvalue weighted by atomic mass is 9.98. The molecule has 2 nitrogen and oxygen atoms in total. The Morgan fingerprint density at radius 1 is 1.28 bits per heavy atom. The van der Waals surface area contributed by atoms with Crippen molar-refractivity contribution in [3.05, 3.63) is 29.3 Å². The van der Waals surface area contributed by atoms with Gasteiger partial charge in [-0.05, 0) is 61.9 Å². The molecule has 1 aromatic rings. The molecule has 100 valence electrons. The van der Waals surface area contributed by atoms with Crippen LogP contribution < -0.4 is 10.1 Å². The van der Waals surface area contributed by atoms with Crippen LogP contribution in [-0.4, -0.2) is 19.7 Å². The fourth-order valence-electron chi connectivity index (χ4n) is 2.50. The van der Waals surface area contributed by atoms with E-state index in [1.165, 1.54) is 24.0 Å². The quantitative estimate of drug-likeness (QED) is 0.879. The van der Waals surface area contributed by atoms with E-state index in [4.69, 9.17) is 4.74 Å². The molecule has 18 heavy (non-hydrogen) atoms. The Hall–Kier alpha value is -1.02. The first-order chi connectivity index (χ1) is 8.66. The molecule has 0 bridgehead atoms. The van der Waals surface area contributed by atoms with Crippen LogP contribution in [0.4, 0.5) is 0 Å². The van der Waals surface area contributed by atoms with Gasteiger partial charge in [0.2, 0.25) is 0 Å². The molecule has 1 heterocycles. The van der Waals surface area contributed by atoms with Gasteiger partial charge >= 0.3 is 0 Å². The third-order valence-electron chi connectivity index (χ3n) is 3.72. The van der Waals surface area contributed by atoms with E-state index in [1.54, 1.807) is 0 Å². The van der Waals surface area contributed by atoms with Crippen molar-refractivity contribution in [2.24, 2.45) is 5.92 Å². The Labute approximate surface area is 111 Å². The average Bonchev–Trinajstić information content (AvgIpc) is 2.37. The van der Waals surface area contributed by atoms with Gasteiger partial charge in [0.05, 0.1) is 6.61 Å². The summed E-state index contributed by atoms with van der Waals surface area (Å²) in [6.07, 6.45) is 2.48. The first kappa shape index (κ1) is 13.4. The topological polar surface area (TPSA) is 21.3 Å². The number of hydrogen-bond donors (Lipinski definition) is 1. The van der Waals surface area contributed by atoms with Gasteiger partial charge in [0.15, 0.2) is 0 Å². The maximum Gasteiger partial charge on any atom is 0.123 e. The third-order valence-corrected chi connectivity index (χ3v) is 3.72. The summed E-state index contributed by atoms with van der Waals surface area (Å²) < 4.78 is 6.09. The molecule has 1 saturated heterocycles. The van der Waals surface area contributed by atoms with E-state index < -0.39 is 0 Å². The SMILES string of the molecule is Cc1ccc(C(C)C)c(OCC2CCNCC2)c1. The largest absolute Gasteiger partial charge is 0.493 e. The normalized spacial score (nSPS) is 17.1. The van der Waals surface area contributed by atoms with Crippen LogP contribution in [0.1, 0.15) is 43.7 Å². The molecule has 0 aliphatic carbocycles. The molecule has 0 amide bonds. The Bertz CT molecular complexity index is 381. The molecule has 0 atom stereocenters. The molecular formula is C16H25NO. The van der Waals surface area contributed by atoms with Crippen molar-refractivity contribution >= 4 is 0 Å². The van der Waals surface area contributed by atoms with Crippen LogP contribution in [0.2, 0.25) is 0 Å². The number of benzene rings is 1. The number of aryl methyl sites for hydroxylation is 1. The summed E-state index contributed by atoms with van der Waals surface area (Å²) in [5.41, 5.74) is 2.61. The van der Waals surface area contributed by atoms with Crippen LogP contribution in [0.3, 0.4) is 0 Å². The van der Waals surface area contributed by atoms with Crippen LogP contribution in [0, 0.1) is 12.8 Å². The fraction of sp³-hybridized carbons (Fsp3) is 0.625. The summed E-state index contributed by atoms with van der Waals surface area (Å²) in [4.78, 5) is 0. The molecular weight excluding hydrogens is 222 g/mol. The Morgan fingerprint density at radius 2 is 2.00 bits per heavy atom. The highest BCUT2D eigenvalue weighted by molar-refractivity contribution is 5.39.